The van der Waals surface area contributed by atoms with E-state index in [9.17, 15) is 9.59 Å². The summed E-state index contributed by atoms with van der Waals surface area (Å²) in [5.41, 5.74) is 0.225. The lowest BCUT2D eigenvalue weighted by Gasteiger charge is -2.10. The molecule has 28 heavy (non-hydrogen) atoms. The first kappa shape index (κ1) is 18.7. The zero-order valence-electron chi connectivity index (χ0n) is 15.9. The Bertz CT molecular complexity index is 1130. The highest BCUT2D eigenvalue weighted by Gasteiger charge is 2.15. The first-order chi connectivity index (χ1) is 13.6. The van der Waals surface area contributed by atoms with E-state index in [4.69, 9.17) is 9.47 Å². The molecule has 1 aromatic carbocycles. The molecular weight excluding hydrogens is 380 g/mol. The molecule has 0 aliphatic carbocycles. The number of rotatable bonds is 5. The van der Waals surface area contributed by atoms with Gasteiger partial charge in [0.25, 0.3) is 5.56 Å². The highest BCUT2D eigenvalue weighted by molar-refractivity contribution is 7.99. The van der Waals surface area contributed by atoms with Crippen LogP contribution in [-0.2, 0) is 20.6 Å². The van der Waals surface area contributed by atoms with Gasteiger partial charge in [0.2, 0.25) is 0 Å². The smallest absolute Gasteiger partial charge is 0.332 e. The van der Waals surface area contributed by atoms with E-state index >= 15 is 0 Å². The number of benzene rings is 1. The molecule has 0 radical (unpaired) electrons. The van der Waals surface area contributed by atoms with Gasteiger partial charge < -0.3 is 14.0 Å². The van der Waals surface area contributed by atoms with Gasteiger partial charge in [-0.2, -0.15) is 0 Å². The molecule has 0 unspecified atom stereocenters. The Morgan fingerprint density at radius 1 is 1.14 bits per heavy atom. The Hall–Kier alpha value is -2.68. The Kier molecular flexibility index (Phi) is 5.17. The number of aryl methyl sites for hydroxylation is 2. The first-order valence-corrected chi connectivity index (χ1v) is 10.2. The van der Waals surface area contributed by atoms with Crippen LogP contribution in [0.15, 0.2) is 39.0 Å². The molecular formula is C19H22N4O4S. The fourth-order valence-corrected chi connectivity index (χ4v) is 4.10. The van der Waals surface area contributed by atoms with Gasteiger partial charge in [-0.3, -0.25) is 13.9 Å². The minimum atomic E-state index is -0.336. The maximum absolute atomic E-state index is 12.7. The SMILES string of the molecule is Cn1cnc2c1c(=O)n(CCCSc1ccc3c(c1)OCCCO3)c(=O)n2C. The lowest BCUT2D eigenvalue weighted by atomic mass is 10.3. The second-order valence-corrected chi connectivity index (χ2v) is 7.86. The normalized spacial score (nSPS) is 13.6. The third-order valence-electron chi connectivity index (χ3n) is 4.71. The van der Waals surface area contributed by atoms with E-state index in [2.05, 4.69) is 4.98 Å². The van der Waals surface area contributed by atoms with Crippen molar-refractivity contribution < 1.29 is 9.47 Å². The summed E-state index contributed by atoms with van der Waals surface area (Å²) in [6.45, 7) is 1.69. The zero-order valence-corrected chi connectivity index (χ0v) is 16.7. The van der Waals surface area contributed by atoms with Crippen molar-refractivity contribution in [1.82, 2.24) is 18.7 Å². The molecule has 0 saturated carbocycles. The minimum absolute atomic E-state index is 0.293. The van der Waals surface area contributed by atoms with E-state index < -0.39 is 0 Å². The topological polar surface area (TPSA) is 80.3 Å². The zero-order chi connectivity index (χ0) is 19.7. The molecule has 0 saturated heterocycles. The fourth-order valence-electron chi connectivity index (χ4n) is 3.24. The standard InChI is InChI=1S/C19H22N4O4S/c1-21-12-20-17-16(21)18(24)23(19(25)22(17)2)7-3-10-28-13-5-6-14-15(11-13)27-9-4-8-26-14/h5-6,11-12H,3-4,7-10H2,1-2H3. The highest BCUT2D eigenvalue weighted by atomic mass is 32.2. The molecule has 8 nitrogen and oxygen atoms in total. The number of fused-ring (bicyclic) bond motifs is 2. The lowest BCUT2D eigenvalue weighted by molar-refractivity contribution is 0.297. The predicted molar refractivity (Wildman–Crippen MR) is 108 cm³/mol. The van der Waals surface area contributed by atoms with Crippen LogP contribution in [0.2, 0.25) is 0 Å². The molecule has 0 N–H and O–H groups in total. The Morgan fingerprint density at radius 3 is 2.75 bits per heavy atom. The molecule has 3 aromatic rings. The number of thioether (sulfide) groups is 1. The molecule has 2 aromatic heterocycles. The first-order valence-electron chi connectivity index (χ1n) is 9.19. The maximum atomic E-state index is 12.7. The summed E-state index contributed by atoms with van der Waals surface area (Å²) >= 11 is 1.67. The second kappa shape index (κ2) is 7.75. The maximum Gasteiger partial charge on any atom is 0.332 e. The third-order valence-corrected chi connectivity index (χ3v) is 5.79. The van der Waals surface area contributed by atoms with Crippen LogP contribution in [0, 0.1) is 0 Å². The Labute approximate surface area is 165 Å². The number of hydrogen-bond donors (Lipinski definition) is 0. The van der Waals surface area contributed by atoms with Crippen LogP contribution in [0.25, 0.3) is 11.2 Å². The molecule has 0 bridgehead atoms. The largest absolute Gasteiger partial charge is 0.490 e. The van der Waals surface area contributed by atoms with E-state index in [1.54, 1.807) is 36.8 Å². The summed E-state index contributed by atoms with van der Waals surface area (Å²) in [6.07, 6.45) is 3.12. The lowest BCUT2D eigenvalue weighted by Crippen LogP contribution is -2.39. The van der Waals surface area contributed by atoms with Gasteiger partial charge in [-0.1, -0.05) is 0 Å². The number of hydrogen-bond acceptors (Lipinski definition) is 6. The number of imidazole rings is 1. The van der Waals surface area contributed by atoms with Crippen molar-refractivity contribution in [3.63, 3.8) is 0 Å². The number of nitrogens with zero attached hydrogens (tertiary/aromatic N) is 4. The molecule has 0 spiro atoms. The van der Waals surface area contributed by atoms with Crippen molar-refractivity contribution in [2.75, 3.05) is 19.0 Å². The van der Waals surface area contributed by atoms with Crippen molar-refractivity contribution in [2.45, 2.75) is 24.3 Å². The van der Waals surface area contributed by atoms with Gasteiger partial charge in [-0.15, -0.1) is 11.8 Å². The van der Waals surface area contributed by atoms with E-state index in [0.717, 1.165) is 28.6 Å². The molecule has 9 heteroatoms. The van der Waals surface area contributed by atoms with E-state index in [-0.39, 0.29) is 11.2 Å². The minimum Gasteiger partial charge on any atom is -0.490 e. The third kappa shape index (κ3) is 3.42. The van der Waals surface area contributed by atoms with Crippen molar-refractivity contribution >= 4 is 22.9 Å². The van der Waals surface area contributed by atoms with Gasteiger partial charge in [0.15, 0.2) is 22.7 Å². The quantitative estimate of drug-likeness (QED) is 0.478. The molecule has 4 rings (SSSR count). The molecule has 1 aliphatic heterocycles. The summed E-state index contributed by atoms with van der Waals surface area (Å²) in [5, 5.41) is 0. The van der Waals surface area contributed by atoms with Gasteiger partial charge in [0, 0.05) is 32.0 Å². The van der Waals surface area contributed by atoms with E-state index in [0.29, 0.717) is 37.3 Å². The van der Waals surface area contributed by atoms with Crippen LogP contribution < -0.4 is 20.7 Å². The van der Waals surface area contributed by atoms with E-state index in [1.807, 2.05) is 18.2 Å². The monoisotopic (exact) mass is 402 g/mol. The van der Waals surface area contributed by atoms with Gasteiger partial charge in [0.1, 0.15) is 0 Å². The Balaban J connectivity index is 1.45. The molecule has 3 heterocycles. The van der Waals surface area contributed by atoms with Gasteiger partial charge in [-0.25, -0.2) is 9.78 Å². The molecule has 1 aliphatic rings. The molecule has 148 valence electrons. The van der Waals surface area contributed by atoms with Crippen LogP contribution >= 0.6 is 11.8 Å². The summed E-state index contributed by atoms with van der Waals surface area (Å²) in [5.74, 6) is 2.33. The molecule has 0 fully saturated rings. The van der Waals surface area contributed by atoms with Crippen LogP contribution in [-0.4, -0.2) is 37.7 Å². The summed E-state index contributed by atoms with van der Waals surface area (Å²) in [7, 11) is 3.39. The van der Waals surface area contributed by atoms with Crippen molar-refractivity contribution in [1.29, 1.82) is 0 Å². The average Bonchev–Trinajstić information content (AvgIpc) is 2.93. The van der Waals surface area contributed by atoms with Gasteiger partial charge >= 0.3 is 5.69 Å². The van der Waals surface area contributed by atoms with Crippen molar-refractivity contribution in [3.05, 3.63) is 45.4 Å². The highest BCUT2D eigenvalue weighted by Crippen LogP contribution is 2.34. The number of aromatic nitrogens is 4. The van der Waals surface area contributed by atoms with Crippen molar-refractivity contribution in [2.24, 2.45) is 14.1 Å². The number of ether oxygens (including phenoxy) is 2. The van der Waals surface area contributed by atoms with E-state index in [1.165, 1.54) is 9.13 Å². The predicted octanol–water partition coefficient (Wildman–Crippen LogP) is 1.78. The van der Waals surface area contributed by atoms with Gasteiger partial charge in [-0.05, 0) is 30.4 Å². The van der Waals surface area contributed by atoms with Crippen molar-refractivity contribution in [3.8, 4) is 11.5 Å². The van der Waals surface area contributed by atoms with Gasteiger partial charge in [0.05, 0.1) is 19.5 Å². The molecule has 0 atom stereocenters. The summed E-state index contributed by atoms with van der Waals surface area (Å²) in [4.78, 5) is 30.4. The fraction of sp³-hybridized carbons (Fsp3) is 0.421. The molecule has 0 amide bonds. The van der Waals surface area contributed by atoms with Crippen LogP contribution in [0.1, 0.15) is 12.8 Å². The van der Waals surface area contributed by atoms with Crippen LogP contribution in [0.4, 0.5) is 0 Å². The van der Waals surface area contributed by atoms with Crippen LogP contribution in [0.3, 0.4) is 0 Å². The summed E-state index contributed by atoms with van der Waals surface area (Å²) in [6, 6.07) is 5.92. The average molecular weight is 402 g/mol. The second-order valence-electron chi connectivity index (χ2n) is 6.69. The Morgan fingerprint density at radius 2 is 1.93 bits per heavy atom. The summed E-state index contributed by atoms with van der Waals surface area (Å²) < 4.78 is 15.7. The van der Waals surface area contributed by atoms with Crippen LogP contribution in [0.5, 0.6) is 11.5 Å².